The first-order valence-electron chi connectivity index (χ1n) is 12.7. The second-order valence-electron chi connectivity index (χ2n) is 9.98. The van der Waals surface area contributed by atoms with Crippen molar-refractivity contribution in [2.75, 3.05) is 0 Å². The van der Waals surface area contributed by atoms with Crippen molar-refractivity contribution in [3.63, 3.8) is 0 Å². The van der Waals surface area contributed by atoms with Gasteiger partial charge in [-0.15, -0.1) is 0 Å². The van der Waals surface area contributed by atoms with Gasteiger partial charge in [0.1, 0.15) is 0 Å². The molecule has 0 saturated carbocycles. The Morgan fingerprint density at radius 3 is 2.29 bits per heavy atom. The molecule has 0 aliphatic heterocycles. The van der Waals surface area contributed by atoms with E-state index in [9.17, 15) is 0 Å². The molecule has 0 aliphatic rings. The van der Waals surface area contributed by atoms with Crippen LogP contribution in [0.1, 0.15) is 40.2 Å². The summed E-state index contributed by atoms with van der Waals surface area (Å²) >= 11 is 0.230. The zero-order valence-corrected chi connectivity index (χ0v) is 23.7. The quantitative estimate of drug-likeness (QED) is 0.203. The molecule has 0 spiro atoms. The predicted octanol–water partition coefficient (Wildman–Crippen LogP) is 7.57. The molecule has 0 fully saturated rings. The van der Waals surface area contributed by atoms with Gasteiger partial charge in [0.05, 0.1) is 0 Å². The Morgan fingerprint density at radius 1 is 0.824 bits per heavy atom. The van der Waals surface area contributed by atoms with E-state index in [4.69, 9.17) is 9.97 Å². The van der Waals surface area contributed by atoms with Crippen molar-refractivity contribution >= 4 is 58.0 Å². The van der Waals surface area contributed by atoms with Gasteiger partial charge in [-0.2, -0.15) is 0 Å². The molecule has 0 aliphatic carbocycles. The van der Waals surface area contributed by atoms with Gasteiger partial charge in [-0.05, 0) is 0 Å². The number of hydrogen-bond donors (Lipinski definition) is 0. The van der Waals surface area contributed by atoms with Crippen molar-refractivity contribution in [3.8, 4) is 11.3 Å². The van der Waals surface area contributed by atoms with Crippen LogP contribution in [0.2, 0.25) is 18.1 Å². The van der Waals surface area contributed by atoms with Crippen LogP contribution in [0.25, 0.3) is 41.5 Å². The van der Waals surface area contributed by atoms with Gasteiger partial charge in [0.25, 0.3) is 0 Å². The number of benzene rings is 3. The topological polar surface area (TPSA) is 25.8 Å². The molecular formula is C30H34N2SeSi. The summed E-state index contributed by atoms with van der Waals surface area (Å²) in [5, 5.41) is 5.74. The Balaban J connectivity index is 1.80. The van der Waals surface area contributed by atoms with E-state index in [0.717, 1.165) is 17.6 Å². The first-order valence-corrected chi connectivity index (χ1v) is 17.0. The fourth-order valence-corrected chi connectivity index (χ4v) is 12.3. The minimum absolute atomic E-state index is 0.230. The van der Waals surface area contributed by atoms with Crippen LogP contribution in [-0.2, 0) is 6.42 Å². The molecule has 34 heavy (non-hydrogen) atoms. The van der Waals surface area contributed by atoms with Crippen molar-refractivity contribution in [2.24, 2.45) is 5.92 Å². The van der Waals surface area contributed by atoms with Crippen molar-refractivity contribution in [1.82, 2.24) is 9.97 Å². The third kappa shape index (κ3) is 3.86. The summed E-state index contributed by atoms with van der Waals surface area (Å²) in [7, 11) is -1.58. The van der Waals surface area contributed by atoms with Crippen LogP contribution >= 0.6 is 0 Å². The van der Waals surface area contributed by atoms with Gasteiger partial charge in [-0.25, -0.2) is 0 Å². The fraction of sp³-hybridized carbons (Fsp3) is 0.333. The normalized spacial score (nSPS) is 12.4. The summed E-state index contributed by atoms with van der Waals surface area (Å²) in [6, 6.07) is 24.5. The second-order valence-corrected chi connectivity index (χ2v) is 17.3. The molecule has 2 nitrogen and oxygen atoms in total. The van der Waals surface area contributed by atoms with Gasteiger partial charge >= 0.3 is 211 Å². The van der Waals surface area contributed by atoms with Crippen LogP contribution in [0.5, 0.6) is 0 Å². The van der Waals surface area contributed by atoms with E-state index in [1.54, 1.807) is 11.5 Å². The maximum absolute atomic E-state index is 4.92. The van der Waals surface area contributed by atoms with E-state index in [1.807, 2.05) is 0 Å². The van der Waals surface area contributed by atoms with E-state index in [1.165, 1.54) is 53.9 Å². The molecule has 2 aromatic heterocycles. The van der Waals surface area contributed by atoms with Gasteiger partial charge in [-0.3, -0.25) is 0 Å². The van der Waals surface area contributed by atoms with E-state index >= 15 is 0 Å². The number of rotatable bonds is 7. The number of nitrogens with zero attached hydrogens (tertiary/aromatic N) is 2. The molecule has 5 rings (SSSR count). The summed E-state index contributed by atoms with van der Waals surface area (Å²) in [5.41, 5.74) is 5.07. The summed E-state index contributed by atoms with van der Waals surface area (Å²) in [4.78, 5) is 9.72. The van der Waals surface area contributed by atoms with Crippen LogP contribution in [0.3, 0.4) is 0 Å². The summed E-state index contributed by atoms with van der Waals surface area (Å²) in [6.45, 7) is 11.8. The molecule has 0 atom stereocenters. The van der Waals surface area contributed by atoms with E-state index < -0.39 is 8.07 Å². The Hall–Kier alpha value is -2.26. The molecule has 4 heteroatoms. The molecule has 0 saturated heterocycles. The van der Waals surface area contributed by atoms with Gasteiger partial charge in [-0.1, -0.05) is 0 Å². The van der Waals surface area contributed by atoms with Gasteiger partial charge < -0.3 is 0 Å². The van der Waals surface area contributed by atoms with E-state index in [-0.39, 0.29) is 14.5 Å². The molecule has 0 unspecified atom stereocenters. The Kier molecular flexibility index (Phi) is 6.50. The van der Waals surface area contributed by atoms with E-state index in [2.05, 4.69) is 89.2 Å². The molecule has 0 N–H and O–H groups in total. The summed E-state index contributed by atoms with van der Waals surface area (Å²) < 4.78 is 2.88. The first kappa shape index (κ1) is 23.5. The average molecular weight is 530 g/mol. The summed E-state index contributed by atoms with van der Waals surface area (Å²) in [5.74, 6) is 0.648. The molecule has 0 radical (unpaired) electrons. The predicted molar refractivity (Wildman–Crippen MR) is 152 cm³/mol. The molecule has 2 heterocycles. The van der Waals surface area contributed by atoms with Crippen LogP contribution in [0, 0.1) is 5.92 Å². The van der Waals surface area contributed by atoms with Crippen molar-refractivity contribution in [3.05, 3.63) is 66.5 Å². The molecule has 0 amide bonds. The molecule has 3 aromatic carbocycles. The maximum atomic E-state index is 4.92. The van der Waals surface area contributed by atoms with Crippen LogP contribution in [0.4, 0.5) is 0 Å². The van der Waals surface area contributed by atoms with Crippen LogP contribution in [0.15, 0.2) is 60.9 Å². The van der Waals surface area contributed by atoms with Crippen molar-refractivity contribution < 1.29 is 0 Å². The third-order valence-corrected chi connectivity index (χ3v) is 16.0. The number of hydrogen-bond acceptors (Lipinski definition) is 2. The van der Waals surface area contributed by atoms with Crippen molar-refractivity contribution in [2.45, 2.75) is 59.2 Å². The molecule has 174 valence electrons. The standard InChI is InChI=1S/C30H34N2SeSi/c1-6-34(7-2,8-3)26-18-23(17-21-12-9-10-14-24(21)26)27-30-28(32-19-31-27)25-15-11-13-22(16-20(4)5)29(25)33-30/h9-15,17-20H,6-8,16H2,1-5H3. The van der Waals surface area contributed by atoms with Crippen LogP contribution in [-0.4, -0.2) is 32.5 Å². The average Bonchev–Trinajstić information content (AvgIpc) is 3.25. The monoisotopic (exact) mass is 530 g/mol. The van der Waals surface area contributed by atoms with Crippen LogP contribution < -0.4 is 5.19 Å². The zero-order valence-electron chi connectivity index (χ0n) is 21.0. The fourth-order valence-electron chi connectivity index (χ4n) is 5.67. The zero-order chi connectivity index (χ0) is 23.9. The second kappa shape index (κ2) is 9.41. The number of aromatic nitrogens is 2. The van der Waals surface area contributed by atoms with Gasteiger partial charge in [0.15, 0.2) is 0 Å². The van der Waals surface area contributed by atoms with Gasteiger partial charge in [0.2, 0.25) is 0 Å². The Morgan fingerprint density at radius 2 is 1.56 bits per heavy atom. The SMILES string of the molecule is CC[Si](CC)(CC)c1cc(-c2ncnc3c2[se]c2c(CC(C)C)cccc23)cc2ccccc12. The third-order valence-electron chi connectivity index (χ3n) is 7.72. The Bertz CT molecular complexity index is 1470. The molecule has 5 aromatic rings. The molecular weight excluding hydrogens is 495 g/mol. The Labute approximate surface area is 210 Å². The van der Waals surface area contributed by atoms with E-state index in [0.29, 0.717) is 5.92 Å². The molecule has 0 bridgehead atoms. The van der Waals surface area contributed by atoms with Crippen molar-refractivity contribution in [1.29, 1.82) is 0 Å². The summed E-state index contributed by atoms with van der Waals surface area (Å²) in [6.07, 6.45) is 2.91. The van der Waals surface area contributed by atoms with Gasteiger partial charge in [0, 0.05) is 0 Å². The number of fused-ring (bicyclic) bond motifs is 4. The first-order chi connectivity index (χ1) is 16.5. The minimum atomic E-state index is -1.58.